The molecule has 1 aliphatic heterocycles. The second kappa shape index (κ2) is 11.7. The van der Waals surface area contributed by atoms with Crippen molar-refractivity contribution in [3.63, 3.8) is 0 Å². The van der Waals surface area contributed by atoms with Crippen LogP contribution in [0.4, 0.5) is 24.5 Å². The number of fused-ring (bicyclic) bond motifs is 1. The molecule has 0 unspecified atom stereocenters. The number of alkyl halides is 3. The van der Waals surface area contributed by atoms with Gasteiger partial charge >= 0.3 is 6.18 Å². The van der Waals surface area contributed by atoms with Gasteiger partial charge in [-0.15, -0.1) is 0 Å². The molecule has 4 rings (SSSR count). The zero-order valence-corrected chi connectivity index (χ0v) is 22.9. The highest BCUT2D eigenvalue weighted by Crippen LogP contribution is 2.32. The van der Waals surface area contributed by atoms with Crippen molar-refractivity contribution in [2.75, 3.05) is 45.4 Å². The van der Waals surface area contributed by atoms with E-state index < -0.39 is 22.6 Å². The quantitative estimate of drug-likeness (QED) is 0.321. The number of nitrogens with one attached hydrogen (secondary N) is 1. The van der Waals surface area contributed by atoms with Crippen LogP contribution in [0.2, 0.25) is 0 Å². The monoisotopic (exact) mass is 560 g/mol. The van der Waals surface area contributed by atoms with Crippen molar-refractivity contribution < 1.29 is 26.3 Å². The average Bonchev–Trinajstić information content (AvgIpc) is 3.22. The number of benzene rings is 2. The molecule has 7 nitrogen and oxygen atoms in total. The van der Waals surface area contributed by atoms with E-state index in [-0.39, 0.29) is 17.1 Å². The van der Waals surface area contributed by atoms with Crippen LogP contribution in [-0.2, 0) is 16.4 Å². The number of likely N-dealkylation sites (tertiary alicyclic amines) is 1. The fraction of sp³-hybridized carbons (Fsp3) is 0.393. The van der Waals surface area contributed by atoms with Crippen LogP contribution in [-0.4, -0.2) is 70.3 Å². The number of rotatable bonds is 7. The van der Waals surface area contributed by atoms with Gasteiger partial charge in [0.1, 0.15) is 12.3 Å². The van der Waals surface area contributed by atoms with Crippen LogP contribution in [0.3, 0.4) is 0 Å². The third-order valence-electron chi connectivity index (χ3n) is 6.63. The predicted molar refractivity (Wildman–Crippen MR) is 148 cm³/mol. The standard InChI is InChI=1S/C28H31F3N4O3S/c1-34-14-11-20(12-15-34)18-33-24-7-4-8-26-23(24)16-21(35(26)19-28(29,30)31)6-5-13-32-25-10-9-22(39(3,36)37)17-27(25)38-2/h4,7-10,16-18,20,32H,11-15,19H2,1-3H3. The summed E-state index contributed by atoms with van der Waals surface area (Å²) in [6.45, 7) is 0.911. The first-order valence-electron chi connectivity index (χ1n) is 12.5. The molecule has 1 aliphatic rings. The van der Waals surface area contributed by atoms with Gasteiger partial charge in [0.2, 0.25) is 0 Å². The molecular formula is C28H31F3N4O3S. The molecule has 0 amide bonds. The third kappa shape index (κ3) is 7.34. The molecule has 1 saturated heterocycles. The third-order valence-corrected chi connectivity index (χ3v) is 7.74. The zero-order chi connectivity index (χ0) is 28.2. The summed E-state index contributed by atoms with van der Waals surface area (Å²) in [5.41, 5.74) is 1.77. The summed E-state index contributed by atoms with van der Waals surface area (Å²) in [4.78, 5) is 7.04. The lowest BCUT2D eigenvalue weighted by Crippen LogP contribution is -2.30. The Morgan fingerprint density at radius 1 is 1.18 bits per heavy atom. The Kier molecular flexibility index (Phi) is 8.57. The molecule has 0 bridgehead atoms. The lowest BCUT2D eigenvalue weighted by atomic mass is 9.98. The lowest BCUT2D eigenvalue weighted by molar-refractivity contribution is -0.140. The van der Waals surface area contributed by atoms with Gasteiger partial charge in [-0.3, -0.25) is 4.99 Å². The SMILES string of the molecule is COc1cc(S(C)(=O)=O)ccc1NCC#Cc1cc2c(N=CC3CCN(C)CC3)cccc2n1CC(F)(F)F. The van der Waals surface area contributed by atoms with Gasteiger partial charge in [0.05, 0.1) is 41.1 Å². The fourth-order valence-electron chi connectivity index (χ4n) is 4.52. The lowest BCUT2D eigenvalue weighted by Gasteiger charge is -2.26. The predicted octanol–water partition coefficient (Wildman–Crippen LogP) is 5.12. The highest BCUT2D eigenvalue weighted by molar-refractivity contribution is 7.90. The Morgan fingerprint density at radius 2 is 1.92 bits per heavy atom. The summed E-state index contributed by atoms with van der Waals surface area (Å²) >= 11 is 0. The van der Waals surface area contributed by atoms with Gasteiger partial charge in [-0.1, -0.05) is 12.0 Å². The van der Waals surface area contributed by atoms with Gasteiger partial charge in [-0.2, -0.15) is 13.2 Å². The molecule has 0 radical (unpaired) electrons. The van der Waals surface area contributed by atoms with Crippen LogP contribution >= 0.6 is 0 Å². The van der Waals surface area contributed by atoms with Crippen LogP contribution in [0.1, 0.15) is 18.5 Å². The molecule has 0 spiro atoms. The number of halogens is 3. The largest absolute Gasteiger partial charge is 0.495 e. The highest BCUT2D eigenvalue weighted by atomic mass is 32.2. The van der Waals surface area contributed by atoms with Gasteiger partial charge in [-0.25, -0.2) is 8.42 Å². The first kappa shape index (κ1) is 28.5. The van der Waals surface area contributed by atoms with E-state index in [1.54, 1.807) is 30.3 Å². The molecule has 2 aromatic carbocycles. The molecule has 1 N–H and O–H groups in total. The van der Waals surface area contributed by atoms with E-state index in [4.69, 9.17) is 4.74 Å². The number of hydrogen-bond donors (Lipinski definition) is 1. The smallest absolute Gasteiger partial charge is 0.406 e. The summed E-state index contributed by atoms with van der Waals surface area (Å²) in [7, 11) is 0.0965. The minimum atomic E-state index is -4.43. The summed E-state index contributed by atoms with van der Waals surface area (Å²) in [5.74, 6) is 6.39. The Hall–Kier alpha value is -3.49. The number of sulfone groups is 1. The van der Waals surface area contributed by atoms with E-state index in [0.717, 1.165) is 32.2 Å². The minimum Gasteiger partial charge on any atom is -0.495 e. The molecule has 39 heavy (non-hydrogen) atoms. The van der Waals surface area contributed by atoms with Crippen LogP contribution in [0.25, 0.3) is 10.9 Å². The van der Waals surface area contributed by atoms with Crippen LogP contribution in [0.15, 0.2) is 52.4 Å². The van der Waals surface area contributed by atoms with E-state index in [2.05, 4.69) is 34.1 Å². The minimum absolute atomic E-state index is 0.100. The topological polar surface area (TPSA) is 75.9 Å². The molecule has 2 heterocycles. The van der Waals surface area contributed by atoms with E-state index >= 15 is 0 Å². The first-order chi connectivity index (χ1) is 18.4. The van der Waals surface area contributed by atoms with E-state index in [1.165, 1.54) is 23.8 Å². The number of piperidine rings is 1. The van der Waals surface area contributed by atoms with Crippen molar-refractivity contribution in [1.82, 2.24) is 9.47 Å². The second-order valence-corrected chi connectivity index (χ2v) is 11.7. The maximum absolute atomic E-state index is 13.5. The number of methoxy groups -OCH3 is 1. The second-order valence-electron chi connectivity index (χ2n) is 9.65. The fourth-order valence-corrected chi connectivity index (χ4v) is 5.16. The van der Waals surface area contributed by atoms with Gasteiger partial charge in [-0.05, 0) is 75.1 Å². The number of aliphatic imine (C=N–C) groups is 1. The average molecular weight is 561 g/mol. The van der Waals surface area contributed by atoms with Gasteiger partial charge < -0.3 is 19.5 Å². The van der Waals surface area contributed by atoms with Gasteiger partial charge in [0.15, 0.2) is 9.84 Å². The maximum Gasteiger partial charge on any atom is 0.406 e. The van der Waals surface area contributed by atoms with E-state index in [9.17, 15) is 21.6 Å². The number of hydrogen-bond acceptors (Lipinski definition) is 6. The Bertz CT molecular complexity index is 1530. The Labute approximate surface area is 226 Å². The molecule has 3 aromatic rings. The number of anilines is 1. The summed E-state index contributed by atoms with van der Waals surface area (Å²) in [5, 5.41) is 3.65. The van der Waals surface area contributed by atoms with Crippen molar-refractivity contribution in [2.45, 2.75) is 30.5 Å². The van der Waals surface area contributed by atoms with Gasteiger partial charge in [0.25, 0.3) is 0 Å². The first-order valence-corrected chi connectivity index (χ1v) is 14.4. The molecule has 208 valence electrons. The zero-order valence-electron chi connectivity index (χ0n) is 22.0. The number of ether oxygens (including phenoxy) is 1. The van der Waals surface area contributed by atoms with Crippen molar-refractivity contribution in [3.8, 4) is 17.6 Å². The number of aromatic nitrogens is 1. The van der Waals surface area contributed by atoms with Crippen LogP contribution < -0.4 is 10.1 Å². The van der Waals surface area contributed by atoms with Crippen molar-refractivity contribution in [1.29, 1.82) is 0 Å². The molecule has 1 fully saturated rings. The molecule has 0 saturated carbocycles. The molecule has 0 aliphatic carbocycles. The summed E-state index contributed by atoms with van der Waals surface area (Å²) in [6.07, 6.45) is 0.586. The maximum atomic E-state index is 13.5. The summed E-state index contributed by atoms with van der Waals surface area (Å²) < 4.78 is 70.5. The molecular weight excluding hydrogens is 529 g/mol. The van der Waals surface area contributed by atoms with E-state index in [1.807, 2.05) is 6.21 Å². The normalized spacial score (nSPS) is 15.4. The molecule has 0 atom stereocenters. The summed E-state index contributed by atoms with van der Waals surface area (Å²) in [6, 6.07) is 11.2. The van der Waals surface area contributed by atoms with Crippen molar-refractivity contribution in [2.24, 2.45) is 10.9 Å². The van der Waals surface area contributed by atoms with Crippen LogP contribution in [0, 0.1) is 17.8 Å². The van der Waals surface area contributed by atoms with Crippen LogP contribution in [0.5, 0.6) is 5.75 Å². The molecule has 1 aromatic heterocycles. The van der Waals surface area contributed by atoms with Crippen molar-refractivity contribution in [3.05, 3.63) is 48.2 Å². The van der Waals surface area contributed by atoms with E-state index in [0.29, 0.717) is 33.9 Å². The molecule has 11 heteroatoms. The highest BCUT2D eigenvalue weighted by Gasteiger charge is 2.30. The van der Waals surface area contributed by atoms with Gasteiger partial charge in [0, 0.05) is 23.9 Å². The Morgan fingerprint density at radius 3 is 2.59 bits per heavy atom. The number of nitrogens with zero attached hydrogens (tertiary/aromatic N) is 3. The van der Waals surface area contributed by atoms with Crippen molar-refractivity contribution >= 4 is 38.3 Å². The Balaban J connectivity index is 1.60.